The highest BCUT2D eigenvalue weighted by Gasteiger charge is 2.24. The molecule has 0 N–H and O–H groups in total. The Labute approximate surface area is 186 Å². The van der Waals surface area contributed by atoms with E-state index in [1.165, 1.54) is 23.7 Å². The molecule has 0 aliphatic heterocycles. The van der Waals surface area contributed by atoms with Crippen LogP contribution in [0.25, 0.3) is 28.3 Å². The van der Waals surface area contributed by atoms with Crippen LogP contribution in [0.5, 0.6) is 5.75 Å². The minimum Gasteiger partial charge on any atom is -0.494 e. The number of nitrogens with zero attached hydrogens (tertiary/aromatic N) is 6. The number of benzene rings is 2. The van der Waals surface area contributed by atoms with Crippen molar-refractivity contribution in [3.63, 3.8) is 0 Å². The molecule has 2 aromatic carbocycles. The van der Waals surface area contributed by atoms with Gasteiger partial charge in [-0.3, -0.25) is 18.5 Å². The van der Waals surface area contributed by atoms with Crippen LogP contribution >= 0.6 is 0 Å². The molecule has 0 saturated heterocycles. The van der Waals surface area contributed by atoms with Crippen molar-refractivity contribution in [2.45, 2.75) is 13.5 Å². The summed E-state index contributed by atoms with van der Waals surface area (Å²) >= 11 is 0. The smallest absolute Gasteiger partial charge is 0.332 e. The molecule has 0 fully saturated rings. The standard InChI is InChI=1S/C23H21FN6O3/c1-4-33-17-11-7-15(8-12-17)19-25-26-22-29(13-14-5-9-16(24)10-6-14)18-20(30(19)22)27(2)23(32)28(3)21(18)31/h5-12H,4,13H2,1-3H3. The summed E-state index contributed by atoms with van der Waals surface area (Å²) in [5.74, 6) is 1.26. The third kappa shape index (κ3) is 3.22. The predicted octanol–water partition coefficient (Wildman–Crippen LogP) is 2.33. The van der Waals surface area contributed by atoms with Gasteiger partial charge in [-0.1, -0.05) is 12.1 Å². The molecular weight excluding hydrogens is 427 g/mol. The van der Waals surface area contributed by atoms with Crippen molar-refractivity contribution >= 4 is 16.9 Å². The minimum atomic E-state index is -0.459. The quantitative estimate of drug-likeness (QED) is 0.412. The average molecular weight is 448 g/mol. The lowest BCUT2D eigenvalue weighted by Crippen LogP contribution is -2.37. The Bertz CT molecular complexity index is 1610. The van der Waals surface area contributed by atoms with E-state index < -0.39 is 11.2 Å². The molecule has 0 atom stereocenters. The van der Waals surface area contributed by atoms with Gasteiger partial charge in [0.05, 0.1) is 13.2 Å². The fourth-order valence-electron chi connectivity index (χ4n) is 4.03. The van der Waals surface area contributed by atoms with E-state index in [2.05, 4.69) is 10.2 Å². The summed E-state index contributed by atoms with van der Waals surface area (Å²) < 4.78 is 24.8. The van der Waals surface area contributed by atoms with Gasteiger partial charge in [0.2, 0.25) is 5.78 Å². The SMILES string of the molecule is CCOc1ccc(-c2nnc3n(Cc4ccc(F)cc4)c4c(=O)n(C)c(=O)n(C)c4n23)cc1. The lowest BCUT2D eigenvalue weighted by molar-refractivity contribution is 0.340. The normalized spacial score (nSPS) is 11.5. The molecule has 0 bridgehead atoms. The van der Waals surface area contributed by atoms with E-state index in [0.29, 0.717) is 29.4 Å². The molecule has 3 aromatic heterocycles. The zero-order valence-corrected chi connectivity index (χ0v) is 18.3. The third-order valence-electron chi connectivity index (χ3n) is 5.66. The molecule has 3 heterocycles. The molecule has 10 heteroatoms. The Balaban J connectivity index is 1.82. The summed E-state index contributed by atoms with van der Waals surface area (Å²) in [6.07, 6.45) is 0. The largest absolute Gasteiger partial charge is 0.494 e. The molecule has 0 spiro atoms. The van der Waals surface area contributed by atoms with E-state index in [4.69, 9.17) is 4.74 Å². The first-order chi connectivity index (χ1) is 15.9. The van der Waals surface area contributed by atoms with Crippen LogP contribution < -0.4 is 16.0 Å². The second kappa shape index (κ2) is 7.73. The molecular formula is C23H21FN6O3. The van der Waals surface area contributed by atoms with Crippen molar-refractivity contribution in [2.24, 2.45) is 14.1 Å². The maximum Gasteiger partial charge on any atom is 0.332 e. The highest BCUT2D eigenvalue weighted by molar-refractivity contribution is 5.80. The fraction of sp³-hybridized carbons (Fsp3) is 0.217. The molecule has 9 nitrogen and oxygen atoms in total. The van der Waals surface area contributed by atoms with Crippen molar-refractivity contribution in [1.29, 1.82) is 0 Å². The van der Waals surface area contributed by atoms with Gasteiger partial charge in [-0.15, -0.1) is 10.2 Å². The Morgan fingerprint density at radius 2 is 1.64 bits per heavy atom. The summed E-state index contributed by atoms with van der Waals surface area (Å²) in [6, 6.07) is 13.4. The Kier molecular flexibility index (Phi) is 4.85. The fourth-order valence-corrected chi connectivity index (χ4v) is 4.03. The van der Waals surface area contributed by atoms with Gasteiger partial charge in [0.25, 0.3) is 5.56 Å². The van der Waals surface area contributed by atoms with E-state index in [0.717, 1.165) is 21.4 Å². The number of ether oxygens (including phenoxy) is 1. The van der Waals surface area contributed by atoms with Crippen molar-refractivity contribution in [3.05, 3.63) is 80.7 Å². The monoisotopic (exact) mass is 448 g/mol. The summed E-state index contributed by atoms with van der Waals surface area (Å²) in [5.41, 5.74) is 1.31. The van der Waals surface area contributed by atoms with Gasteiger partial charge in [0, 0.05) is 19.7 Å². The number of aromatic nitrogens is 6. The Hall–Kier alpha value is -4.21. The molecule has 5 rings (SSSR count). The first kappa shape index (κ1) is 20.7. The van der Waals surface area contributed by atoms with Crippen molar-refractivity contribution in [1.82, 2.24) is 28.3 Å². The number of fused-ring (bicyclic) bond motifs is 3. The first-order valence-electron chi connectivity index (χ1n) is 10.4. The lowest BCUT2D eigenvalue weighted by atomic mass is 10.2. The van der Waals surface area contributed by atoms with Crippen molar-refractivity contribution < 1.29 is 9.13 Å². The molecule has 0 aliphatic rings. The van der Waals surface area contributed by atoms with E-state index in [1.807, 2.05) is 31.2 Å². The second-order valence-corrected chi connectivity index (χ2v) is 7.71. The van der Waals surface area contributed by atoms with Crippen LogP contribution in [0, 0.1) is 5.82 Å². The first-order valence-corrected chi connectivity index (χ1v) is 10.4. The van der Waals surface area contributed by atoms with Crippen molar-refractivity contribution in [2.75, 3.05) is 6.61 Å². The van der Waals surface area contributed by atoms with Gasteiger partial charge in [-0.25, -0.2) is 13.6 Å². The van der Waals surface area contributed by atoms with Crippen LogP contribution in [0.15, 0.2) is 58.1 Å². The number of hydrogen-bond donors (Lipinski definition) is 0. The van der Waals surface area contributed by atoms with Gasteiger partial charge >= 0.3 is 5.69 Å². The van der Waals surface area contributed by atoms with E-state index in [-0.39, 0.29) is 12.4 Å². The lowest BCUT2D eigenvalue weighted by Gasteiger charge is -2.08. The van der Waals surface area contributed by atoms with Crippen LogP contribution in [-0.2, 0) is 20.6 Å². The molecule has 0 aliphatic carbocycles. The van der Waals surface area contributed by atoms with Crippen LogP contribution in [0.1, 0.15) is 12.5 Å². The maximum absolute atomic E-state index is 13.4. The second-order valence-electron chi connectivity index (χ2n) is 7.71. The summed E-state index contributed by atoms with van der Waals surface area (Å²) in [6.45, 7) is 2.71. The Morgan fingerprint density at radius 1 is 0.939 bits per heavy atom. The molecule has 0 unspecified atom stereocenters. The summed E-state index contributed by atoms with van der Waals surface area (Å²) in [7, 11) is 3.04. The van der Waals surface area contributed by atoms with E-state index in [9.17, 15) is 14.0 Å². The van der Waals surface area contributed by atoms with Gasteiger partial charge in [0.1, 0.15) is 11.6 Å². The number of rotatable bonds is 5. The topological polar surface area (TPSA) is 88.3 Å². The van der Waals surface area contributed by atoms with Gasteiger partial charge in [0.15, 0.2) is 17.0 Å². The highest BCUT2D eigenvalue weighted by atomic mass is 19.1. The maximum atomic E-state index is 13.4. The number of halogens is 1. The van der Waals surface area contributed by atoms with E-state index >= 15 is 0 Å². The Morgan fingerprint density at radius 3 is 2.30 bits per heavy atom. The average Bonchev–Trinajstić information content (AvgIpc) is 3.37. The van der Waals surface area contributed by atoms with Gasteiger partial charge in [-0.05, 0) is 48.9 Å². The minimum absolute atomic E-state index is 0.252. The van der Waals surface area contributed by atoms with Crippen LogP contribution in [0.2, 0.25) is 0 Å². The molecule has 168 valence electrons. The van der Waals surface area contributed by atoms with Crippen molar-refractivity contribution in [3.8, 4) is 17.1 Å². The molecule has 0 radical (unpaired) electrons. The highest BCUT2D eigenvalue weighted by Crippen LogP contribution is 2.26. The number of hydrogen-bond acceptors (Lipinski definition) is 5. The van der Waals surface area contributed by atoms with E-state index in [1.54, 1.807) is 28.1 Å². The zero-order valence-electron chi connectivity index (χ0n) is 18.3. The van der Waals surface area contributed by atoms with Gasteiger partial charge < -0.3 is 4.74 Å². The molecule has 5 aromatic rings. The summed E-state index contributed by atoms with van der Waals surface area (Å²) in [4.78, 5) is 25.9. The molecule has 0 amide bonds. The summed E-state index contributed by atoms with van der Waals surface area (Å²) in [5, 5.41) is 8.71. The predicted molar refractivity (Wildman–Crippen MR) is 121 cm³/mol. The number of aryl methyl sites for hydroxylation is 1. The van der Waals surface area contributed by atoms with Gasteiger partial charge in [-0.2, -0.15) is 0 Å². The third-order valence-corrected chi connectivity index (χ3v) is 5.66. The van der Waals surface area contributed by atoms with Crippen LogP contribution in [0.3, 0.4) is 0 Å². The zero-order chi connectivity index (χ0) is 23.3. The van der Waals surface area contributed by atoms with Crippen LogP contribution in [-0.4, -0.2) is 34.9 Å². The molecule has 33 heavy (non-hydrogen) atoms. The molecule has 0 saturated carbocycles. The van der Waals surface area contributed by atoms with Crippen LogP contribution in [0.4, 0.5) is 4.39 Å². The number of imidazole rings is 1.